The number of methoxy groups -OCH3 is 1. The monoisotopic (exact) mass is 488 g/mol. The fourth-order valence-electron chi connectivity index (χ4n) is 3.65. The molecule has 0 atom stereocenters. The smallest absolute Gasteiger partial charge is 0.421 e. The summed E-state index contributed by atoms with van der Waals surface area (Å²) >= 11 is 0. The number of aromatic nitrogens is 3. The van der Waals surface area contributed by atoms with Crippen LogP contribution in [0.25, 0.3) is 0 Å². The summed E-state index contributed by atoms with van der Waals surface area (Å²) in [7, 11) is 5.28. The summed E-state index contributed by atoms with van der Waals surface area (Å²) in [6, 6.07) is 10.4. The number of nitrogens with one attached hydrogen (secondary N) is 3. The summed E-state index contributed by atoms with van der Waals surface area (Å²) < 4.78 is 46.3. The third-order valence-corrected chi connectivity index (χ3v) is 5.62. The standard InChI is InChI=1S/C23H27F3N8O/c1-27-15-5-4-6-16(13-15)29-20-17(23(24,25)26)14-28-22(32-20)30-18-7-8-19(31-21(18)35-3)34-11-9-33(2)10-12-34/h4-8,13-14,27H,9-12H2,1-3H3,(H2,28,29,30,32). The van der Waals surface area contributed by atoms with Crippen molar-refractivity contribution in [3.63, 3.8) is 0 Å². The van der Waals surface area contributed by atoms with Crippen molar-refractivity contribution in [2.24, 2.45) is 0 Å². The number of alkyl halides is 3. The first kappa shape index (κ1) is 24.3. The lowest BCUT2D eigenvalue weighted by Gasteiger charge is -2.33. The van der Waals surface area contributed by atoms with E-state index in [1.807, 2.05) is 6.07 Å². The average molecular weight is 489 g/mol. The van der Waals surface area contributed by atoms with E-state index in [9.17, 15) is 13.2 Å². The molecule has 0 saturated carbocycles. The number of ether oxygens (including phenoxy) is 1. The first-order valence-electron chi connectivity index (χ1n) is 11.0. The van der Waals surface area contributed by atoms with Crippen molar-refractivity contribution in [2.75, 3.05) is 68.2 Å². The van der Waals surface area contributed by atoms with E-state index in [1.165, 1.54) is 7.11 Å². The van der Waals surface area contributed by atoms with Gasteiger partial charge in [-0.05, 0) is 37.4 Å². The van der Waals surface area contributed by atoms with Gasteiger partial charge in [0.05, 0.1) is 7.11 Å². The summed E-state index contributed by atoms with van der Waals surface area (Å²) in [5.41, 5.74) is 0.650. The Hall–Kier alpha value is -3.80. The van der Waals surface area contributed by atoms with Crippen molar-refractivity contribution < 1.29 is 17.9 Å². The predicted octanol–water partition coefficient (Wildman–Crippen LogP) is 4.18. The van der Waals surface area contributed by atoms with Crippen LogP contribution in [0.4, 0.5) is 47.8 Å². The second kappa shape index (κ2) is 10.2. The molecular weight excluding hydrogens is 461 g/mol. The van der Waals surface area contributed by atoms with Crippen molar-refractivity contribution in [3.8, 4) is 5.88 Å². The minimum Gasteiger partial charge on any atom is -0.479 e. The molecule has 0 spiro atoms. The molecule has 1 aromatic carbocycles. The van der Waals surface area contributed by atoms with Crippen LogP contribution >= 0.6 is 0 Å². The van der Waals surface area contributed by atoms with Gasteiger partial charge >= 0.3 is 6.18 Å². The molecule has 1 aliphatic rings. The van der Waals surface area contributed by atoms with Gasteiger partial charge in [-0.15, -0.1) is 0 Å². The number of anilines is 6. The number of piperazine rings is 1. The topological polar surface area (TPSA) is 90.5 Å². The van der Waals surface area contributed by atoms with E-state index in [1.54, 1.807) is 37.4 Å². The van der Waals surface area contributed by atoms with E-state index >= 15 is 0 Å². The van der Waals surface area contributed by atoms with Crippen LogP contribution in [-0.2, 0) is 6.18 Å². The zero-order chi connectivity index (χ0) is 25.0. The van der Waals surface area contributed by atoms with E-state index in [0.29, 0.717) is 17.3 Å². The zero-order valence-electron chi connectivity index (χ0n) is 19.6. The van der Waals surface area contributed by atoms with Gasteiger partial charge in [-0.25, -0.2) is 4.98 Å². The summed E-state index contributed by atoms with van der Waals surface area (Å²) in [5, 5.41) is 8.64. The fraction of sp³-hybridized carbons (Fsp3) is 0.348. The van der Waals surface area contributed by atoms with E-state index in [-0.39, 0.29) is 11.8 Å². The third kappa shape index (κ3) is 5.83. The Balaban J connectivity index is 1.60. The number of rotatable bonds is 7. The summed E-state index contributed by atoms with van der Waals surface area (Å²) in [4.78, 5) is 17.0. The number of halogens is 3. The summed E-state index contributed by atoms with van der Waals surface area (Å²) in [6.45, 7) is 3.53. The van der Waals surface area contributed by atoms with E-state index in [0.717, 1.165) is 43.9 Å². The van der Waals surface area contributed by atoms with Crippen molar-refractivity contribution in [3.05, 3.63) is 48.2 Å². The van der Waals surface area contributed by atoms with Crippen LogP contribution in [0.3, 0.4) is 0 Å². The molecule has 0 unspecified atom stereocenters. The second-order valence-electron chi connectivity index (χ2n) is 8.05. The Morgan fingerprint density at radius 2 is 1.71 bits per heavy atom. The first-order valence-corrected chi connectivity index (χ1v) is 11.0. The van der Waals surface area contributed by atoms with Gasteiger partial charge in [0.15, 0.2) is 0 Å². The maximum atomic E-state index is 13.6. The molecule has 0 amide bonds. The van der Waals surface area contributed by atoms with Crippen LogP contribution in [0.1, 0.15) is 5.56 Å². The van der Waals surface area contributed by atoms with Crippen LogP contribution in [0.5, 0.6) is 5.88 Å². The number of hydrogen-bond donors (Lipinski definition) is 3. The van der Waals surface area contributed by atoms with Gasteiger partial charge in [-0.3, -0.25) is 0 Å². The molecule has 12 heteroatoms. The minimum absolute atomic E-state index is 0.0299. The van der Waals surface area contributed by atoms with E-state index < -0.39 is 11.7 Å². The minimum atomic E-state index is -4.63. The molecule has 3 heterocycles. The molecule has 186 valence electrons. The lowest BCUT2D eigenvalue weighted by Crippen LogP contribution is -2.44. The number of likely N-dealkylation sites (N-methyl/N-ethyl adjacent to an activating group) is 1. The van der Waals surface area contributed by atoms with Crippen LogP contribution in [-0.4, -0.2) is 67.2 Å². The summed E-state index contributed by atoms with van der Waals surface area (Å²) in [6.07, 6.45) is -3.89. The van der Waals surface area contributed by atoms with E-state index in [2.05, 4.69) is 47.7 Å². The highest BCUT2D eigenvalue weighted by molar-refractivity contribution is 5.67. The number of pyridine rings is 1. The quantitative estimate of drug-likeness (QED) is 0.453. The number of nitrogens with zero attached hydrogens (tertiary/aromatic N) is 5. The van der Waals surface area contributed by atoms with Crippen LogP contribution < -0.4 is 25.6 Å². The zero-order valence-corrected chi connectivity index (χ0v) is 19.6. The van der Waals surface area contributed by atoms with Crippen LogP contribution in [0.15, 0.2) is 42.6 Å². The van der Waals surface area contributed by atoms with Crippen LogP contribution in [0, 0.1) is 0 Å². The Morgan fingerprint density at radius 1 is 0.971 bits per heavy atom. The highest BCUT2D eigenvalue weighted by Gasteiger charge is 2.35. The normalized spacial score (nSPS) is 14.5. The highest BCUT2D eigenvalue weighted by atomic mass is 19.4. The molecule has 3 N–H and O–H groups in total. The van der Waals surface area contributed by atoms with Gasteiger partial charge in [0.2, 0.25) is 11.8 Å². The Labute approximate surface area is 201 Å². The van der Waals surface area contributed by atoms with Gasteiger partial charge in [0.25, 0.3) is 0 Å². The largest absolute Gasteiger partial charge is 0.479 e. The lowest BCUT2D eigenvalue weighted by molar-refractivity contribution is -0.137. The molecule has 0 aliphatic carbocycles. The number of hydrogen-bond acceptors (Lipinski definition) is 9. The van der Waals surface area contributed by atoms with Gasteiger partial charge in [0.1, 0.15) is 22.9 Å². The van der Waals surface area contributed by atoms with Crippen molar-refractivity contribution in [2.45, 2.75) is 6.18 Å². The number of benzene rings is 1. The SMILES string of the molecule is CNc1cccc(Nc2nc(Nc3ccc(N4CCN(C)CC4)nc3OC)ncc2C(F)(F)F)c1. The van der Waals surface area contributed by atoms with Crippen molar-refractivity contribution in [1.29, 1.82) is 0 Å². The molecule has 0 radical (unpaired) electrons. The Kier molecular flexibility index (Phi) is 7.10. The molecule has 3 aromatic rings. The lowest BCUT2D eigenvalue weighted by atomic mass is 10.2. The maximum absolute atomic E-state index is 13.6. The van der Waals surface area contributed by atoms with E-state index in [4.69, 9.17) is 4.74 Å². The van der Waals surface area contributed by atoms with Gasteiger partial charge in [0, 0.05) is 50.8 Å². The third-order valence-electron chi connectivity index (χ3n) is 5.62. The molecule has 35 heavy (non-hydrogen) atoms. The van der Waals surface area contributed by atoms with Crippen molar-refractivity contribution in [1.82, 2.24) is 19.9 Å². The highest BCUT2D eigenvalue weighted by Crippen LogP contribution is 2.36. The van der Waals surface area contributed by atoms with Crippen LogP contribution in [0.2, 0.25) is 0 Å². The molecule has 0 bridgehead atoms. The molecule has 1 aliphatic heterocycles. The second-order valence-corrected chi connectivity index (χ2v) is 8.05. The van der Waals surface area contributed by atoms with Gasteiger partial charge in [-0.1, -0.05) is 6.07 Å². The Morgan fingerprint density at radius 3 is 2.40 bits per heavy atom. The van der Waals surface area contributed by atoms with Gasteiger partial charge < -0.3 is 30.5 Å². The average Bonchev–Trinajstić information content (AvgIpc) is 2.84. The molecule has 1 fully saturated rings. The molecule has 2 aromatic heterocycles. The van der Waals surface area contributed by atoms with Crippen molar-refractivity contribution >= 4 is 34.6 Å². The first-order chi connectivity index (χ1) is 16.8. The van der Waals surface area contributed by atoms with Gasteiger partial charge in [-0.2, -0.15) is 23.1 Å². The fourth-order valence-corrected chi connectivity index (χ4v) is 3.65. The summed E-state index contributed by atoms with van der Waals surface area (Å²) in [5.74, 6) is 0.656. The molecular formula is C23H27F3N8O. The maximum Gasteiger partial charge on any atom is 0.421 e. The Bertz CT molecular complexity index is 1170. The molecule has 9 nitrogen and oxygen atoms in total. The predicted molar refractivity (Wildman–Crippen MR) is 130 cm³/mol. The molecule has 1 saturated heterocycles. The molecule has 4 rings (SSSR count).